The third-order valence-corrected chi connectivity index (χ3v) is 4.54. The number of unbranched alkanes of at least 4 members (excludes halogenated alkanes) is 2. The number of nitrogens with one attached hydrogen (secondary N) is 4. The number of hydrogen-bond acceptors (Lipinski definition) is 4. The predicted octanol–water partition coefficient (Wildman–Crippen LogP) is 4.99. The summed E-state index contributed by atoms with van der Waals surface area (Å²) in [6.45, 7) is 4.14. The molecule has 3 amide bonds. The highest BCUT2D eigenvalue weighted by Gasteiger charge is 2.06. The Balaban J connectivity index is 1.79. The molecule has 4 N–H and O–H groups in total. The van der Waals surface area contributed by atoms with E-state index < -0.39 is 0 Å². The topological polar surface area (TPSA) is 99.3 Å². The molecule has 0 atom stereocenters. The fraction of sp³-hybridized carbons (Fsp3) is 0.375. The zero-order valence-electron chi connectivity index (χ0n) is 18.3. The van der Waals surface area contributed by atoms with Crippen LogP contribution in [-0.2, 0) is 14.4 Å². The minimum atomic E-state index is -0.197. The first-order valence-corrected chi connectivity index (χ1v) is 10.8. The van der Waals surface area contributed by atoms with Crippen molar-refractivity contribution in [2.45, 2.75) is 52.4 Å². The maximum absolute atomic E-state index is 12.2. The number of carbonyl (C=O) groups is 3. The number of anilines is 4. The van der Waals surface area contributed by atoms with Gasteiger partial charge in [0.1, 0.15) is 0 Å². The Kier molecular flexibility index (Phi) is 10.1. The highest BCUT2D eigenvalue weighted by Crippen LogP contribution is 2.17. The monoisotopic (exact) mass is 424 g/mol. The van der Waals surface area contributed by atoms with Crippen LogP contribution in [0.25, 0.3) is 0 Å². The second-order valence-corrected chi connectivity index (χ2v) is 7.36. The Labute approximate surface area is 184 Å². The van der Waals surface area contributed by atoms with E-state index in [2.05, 4.69) is 28.2 Å². The van der Waals surface area contributed by atoms with Crippen molar-refractivity contribution < 1.29 is 14.4 Å². The van der Waals surface area contributed by atoms with Gasteiger partial charge >= 0.3 is 0 Å². The third kappa shape index (κ3) is 9.33. The van der Waals surface area contributed by atoms with Gasteiger partial charge in [-0.15, -0.1) is 0 Å². The Morgan fingerprint density at radius 3 is 1.87 bits per heavy atom. The highest BCUT2D eigenvalue weighted by molar-refractivity contribution is 5.95. The minimum absolute atomic E-state index is 0.00215. The van der Waals surface area contributed by atoms with Crippen molar-refractivity contribution >= 4 is 40.5 Å². The lowest BCUT2D eigenvalue weighted by molar-refractivity contribution is -0.117. The van der Waals surface area contributed by atoms with Crippen LogP contribution in [0.4, 0.5) is 22.7 Å². The first kappa shape index (κ1) is 23.9. The summed E-state index contributed by atoms with van der Waals surface area (Å²) in [7, 11) is 0. The fourth-order valence-electron chi connectivity index (χ4n) is 2.94. The molecule has 0 saturated heterocycles. The van der Waals surface area contributed by atoms with Gasteiger partial charge in [0.2, 0.25) is 17.7 Å². The van der Waals surface area contributed by atoms with Crippen LogP contribution >= 0.6 is 0 Å². The molecule has 0 aliphatic rings. The van der Waals surface area contributed by atoms with E-state index in [9.17, 15) is 14.4 Å². The van der Waals surface area contributed by atoms with Gasteiger partial charge in [0.25, 0.3) is 0 Å². The lowest BCUT2D eigenvalue weighted by atomic mass is 10.2. The standard InChI is InChI=1S/C24H32N4O3/c1-3-5-6-11-23(30)28-21-10-7-9-20(16-21)25-17-24(31)27-19-14-12-18(13-15-19)26-22(29)8-4-2/h7,9-10,12-16,25H,3-6,8,11,17H2,1-2H3,(H,26,29)(H,27,31)(H,28,30). The number of carbonyl (C=O) groups excluding carboxylic acids is 3. The van der Waals surface area contributed by atoms with E-state index in [1.807, 2.05) is 25.1 Å². The van der Waals surface area contributed by atoms with Crippen LogP contribution < -0.4 is 21.3 Å². The number of amides is 3. The summed E-state index contributed by atoms with van der Waals surface area (Å²) in [6, 6.07) is 14.3. The molecule has 0 aliphatic carbocycles. The zero-order valence-corrected chi connectivity index (χ0v) is 18.3. The van der Waals surface area contributed by atoms with Gasteiger partial charge in [0.05, 0.1) is 6.54 Å². The molecule has 166 valence electrons. The molecule has 0 radical (unpaired) electrons. The fourth-order valence-corrected chi connectivity index (χ4v) is 2.94. The Morgan fingerprint density at radius 2 is 1.23 bits per heavy atom. The maximum Gasteiger partial charge on any atom is 0.243 e. The summed E-state index contributed by atoms with van der Waals surface area (Å²) in [4.78, 5) is 35.8. The van der Waals surface area contributed by atoms with E-state index in [0.717, 1.165) is 31.4 Å². The average molecular weight is 425 g/mol. The van der Waals surface area contributed by atoms with Gasteiger partial charge in [-0.2, -0.15) is 0 Å². The van der Waals surface area contributed by atoms with Crippen molar-refractivity contribution in [3.8, 4) is 0 Å². The number of hydrogen-bond donors (Lipinski definition) is 4. The summed E-state index contributed by atoms with van der Waals surface area (Å²) in [6.07, 6.45) is 4.78. The first-order valence-electron chi connectivity index (χ1n) is 10.8. The SMILES string of the molecule is CCCCCC(=O)Nc1cccc(NCC(=O)Nc2ccc(NC(=O)CCC)cc2)c1. The quantitative estimate of drug-likeness (QED) is 0.361. The van der Waals surface area contributed by atoms with Crippen molar-refractivity contribution in [2.24, 2.45) is 0 Å². The first-order chi connectivity index (χ1) is 15.0. The third-order valence-electron chi connectivity index (χ3n) is 4.54. The van der Waals surface area contributed by atoms with Crippen molar-refractivity contribution in [3.05, 3.63) is 48.5 Å². The van der Waals surface area contributed by atoms with Crippen molar-refractivity contribution in [1.82, 2.24) is 0 Å². The molecule has 7 heteroatoms. The van der Waals surface area contributed by atoms with E-state index in [0.29, 0.717) is 29.9 Å². The molecule has 0 aromatic heterocycles. The van der Waals surface area contributed by atoms with Gasteiger partial charge < -0.3 is 21.3 Å². The van der Waals surface area contributed by atoms with Gasteiger partial charge in [-0.05, 0) is 55.3 Å². The van der Waals surface area contributed by atoms with Crippen molar-refractivity contribution in [3.63, 3.8) is 0 Å². The number of benzene rings is 2. The van der Waals surface area contributed by atoms with E-state index >= 15 is 0 Å². The largest absolute Gasteiger partial charge is 0.376 e. The molecule has 0 spiro atoms. The predicted molar refractivity (Wildman–Crippen MR) is 126 cm³/mol. The highest BCUT2D eigenvalue weighted by atomic mass is 16.2. The maximum atomic E-state index is 12.2. The number of rotatable bonds is 12. The van der Waals surface area contributed by atoms with Crippen LogP contribution in [0.3, 0.4) is 0 Å². The Bertz CT molecular complexity index is 865. The molecule has 2 aromatic carbocycles. The average Bonchev–Trinajstić information content (AvgIpc) is 2.74. The molecule has 2 aromatic rings. The molecular formula is C24H32N4O3. The van der Waals surface area contributed by atoms with Gasteiger partial charge in [0.15, 0.2) is 0 Å². The second-order valence-electron chi connectivity index (χ2n) is 7.36. The minimum Gasteiger partial charge on any atom is -0.376 e. The second kappa shape index (κ2) is 13.1. The molecular weight excluding hydrogens is 392 g/mol. The smallest absolute Gasteiger partial charge is 0.243 e. The normalized spacial score (nSPS) is 10.3. The van der Waals surface area contributed by atoms with Crippen LogP contribution in [0.5, 0.6) is 0 Å². The van der Waals surface area contributed by atoms with Crippen LogP contribution in [-0.4, -0.2) is 24.3 Å². The molecule has 0 bridgehead atoms. The molecule has 0 saturated carbocycles. The van der Waals surface area contributed by atoms with E-state index in [1.54, 1.807) is 30.3 Å². The summed E-state index contributed by atoms with van der Waals surface area (Å²) in [5.41, 5.74) is 2.79. The molecule has 2 rings (SSSR count). The Hall–Kier alpha value is -3.35. The van der Waals surface area contributed by atoms with E-state index in [-0.39, 0.29) is 24.3 Å². The van der Waals surface area contributed by atoms with Gasteiger partial charge in [0, 0.05) is 35.6 Å². The van der Waals surface area contributed by atoms with E-state index in [4.69, 9.17) is 0 Å². The molecule has 0 aliphatic heterocycles. The molecule has 7 nitrogen and oxygen atoms in total. The van der Waals surface area contributed by atoms with Gasteiger partial charge in [-0.1, -0.05) is 32.8 Å². The summed E-state index contributed by atoms with van der Waals surface area (Å²) in [5, 5.41) is 11.6. The molecule has 0 fully saturated rings. The van der Waals surface area contributed by atoms with Crippen LogP contribution in [0, 0.1) is 0 Å². The lowest BCUT2D eigenvalue weighted by Crippen LogP contribution is -2.21. The van der Waals surface area contributed by atoms with Gasteiger partial charge in [-0.3, -0.25) is 14.4 Å². The molecule has 0 heterocycles. The zero-order chi connectivity index (χ0) is 22.5. The summed E-state index contributed by atoms with van der Waals surface area (Å²) < 4.78 is 0. The summed E-state index contributed by atoms with van der Waals surface area (Å²) in [5.74, 6) is -0.225. The lowest BCUT2D eigenvalue weighted by Gasteiger charge is -2.11. The molecule has 31 heavy (non-hydrogen) atoms. The van der Waals surface area contributed by atoms with Crippen molar-refractivity contribution in [2.75, 3.05) is 27.8 Å². The Morgan fingerprint density at radius 1 is 0.645 bits per heavy atom. The van der Waals surface area contributed by atoms with Crippen LogP contribution in [0.2, 0.25) is 0 Å². The van der Waals surface area contributed by atoms with E-state index in [1.165, 1.54) is 0 Å². The van der Waals surface area contributed by atoms with Crippen LogP contribution in [0.1, 0.15) is 52.4 Å². The molecule has 0 unspecified atom stereocenters. The van der Waals surface area contributed by atoms with Crippen LogP contribution in [0.15, 0.2) is 48.5 Å². The van der Waals surface area contributed by atoms with Crippen molar-refractivity contribution in [1.29, 1.82) is 0 Å². The van der Waals surface area contributed by atoms with Gasteiger partial charge in [-0.25, -0.2) is 0 Å². The summed E-state index contributed by atoms with van der Waals surface area (Å²) >= 11 is 0.